The maximum absolute atomic E-state index is 12.9. The van der Waals surface area contributed by atoms with Crippen LogP contribution in [0.25, 0.3) is 0 Å². The average Bonchev–Trinajstić information content (AvgIpc) is 2.72. The number of benzene rings is 2. The Kier molecular flexibility index (Phi) is 7.01. The highest BCUT2D eigenvalue weighted by molar-refractivity contribution is 7.92. The maximum Gasteiger partial charge on any atom is 0.338 e. The predicted molar refractivity (Wildman–Crippen MR) is 108 cm³/mol. The Bertz CT molecular complexity index is 1050. The number of nitrogens with one attached hydrogen (secondary N) is 1. The molecule has 0 aliphatic heterocycles. The number of hydrogen-bond acceptors (Lipinski definition) is 7. The number of sulfonamides is 1. The lowest BCUT2D eigenvalue weighted by atomic mass is 10.2. The van der Waals surface area contributed by atoms with E-state index in [4.69, 9.17) is 15.2 Å². The smallest absolute Gasteiger partial charge is 0.338 e. The number of esters is 1. The Morgan fingerprint density at radius 3 is 2.23 bits per heavy atom. The van der Waals surface area contributed by atoms with Gasteiger partial charge in [0.25, 0.3) is 15.9 Å². The molecule has 0 radical (unpaired) electrons. The van der Waals surface area contributed by atoms with E-state index in [9.17, 15) is 22.8 Å². The number of anilines is 1. The Morgan fingerprint density at radius 1 is 1.07 bits per heavy atom. The summed E-state index contributed by atoms with van der Waals surface area (Å²) >= 11 is 0. The Morgan fingerprint density at radius 2 is 1.67 bits per heavy atom. The minimum Gasteiger partial charge on any atom is -0.495 e. The van der Waals surface area contributed by atoms with Crippen LogP contribution in [0.5, 0.6) is 5.75 Å². The number of imide groups is 1. The van der Waals surface area contributed by atoms with Gasteiger partial charge in [-0.1, -0.05) is 12.1 Å². The van der Waals surface area contributed by atoms with E-state index in [1.807, 2.05) is 0 Å². The molecule has 3 amide bonds. The van der Waals surface area contributed by atoms with E-state index in [1.165, 1.54) is 45.3 Å². The van der Waals surface area contributed by atoms with Gasteiger partial charge in [0.2, 0.25) is 0 Å². The number of methoxy groups -OCH3 is 1. The number of para-hydroxylation sites is 2. The molecule has 160 valence electrons. The number of ether oxygens (including phenoxy) is 2. The van der Waals surface area contributed by atoms with Gasteiger partial charge in [-0.05, 0) is 43.3 Å². The van der Waals surface area contributed by atoms with Gasteiger partial charge < -0.3 is 15.2 Å². The monoisotopic (exact) mass is 435 g/mol. The number of primary amides is 1. The molecule has 2 aromatic rings. The molecule has 0 aromatic heterocycles. The summed E-state index contributed by atoms with van der Waals surface area (Å²) in [5, 5.41) is 1.79. The number of carbonyl (C=O) groups excluding carboxylic acids is 3. The molecular formula is C19H21N3O7S. The molecule has 0 spiro atoms. The molecule has 30 heavy (non-hydrogen) atoms. The fourth-order valence-electron chi connectivity index (χ4n) is 2.45. The van der Waals surface area contributed by atoms with Crippen molar-refractivity contribution in [2.24, 2.45) is 5.73 Å². The van der Waals surface area contributed by atoms with Crippen molar-refractivity contribution in [2.45, 2.75) is 17.9 Å². The predicted octanol–water partition coefficient (Wildman–Crippen LogP) is 1.26. The molecule has 2 aromatic carbocycles. The van der Waals surface area contributed by atoms with Gasteiger partial charge in [-0.25, -0.2) is 18.0 Å². The maximum atomic E-state index is 12.9. The number of nitrogens with two attached hydrogens (primary N) is 1. The SMILES string of the molecule is COc1ccccc1N(C)S(=O)(=O)c1ccc(C(=O)O[C@H](C)C(=O)NC(N)=O)cc1. The normalized spacial score (nSPS) is 11.8. The zero-order chi connectivity index (χ0) is 22.5. The molecule has 0 saturated carbocycles. The van der Waals surface area contributed by atoms with E-state index in [1.54, 1.807) is 29.6 Å². The highest BCUT2D eigenvalue weighted by Gasteiger charge is 2.25. The second kappa shape index (κ2) is 9.27. The van der Waals surface area contributed by atoms with Gasteiger partial charge in [0.05, 0.1) is 23.3 Å². The molecule has 10 nitrogen and oxygen atoms in total. The van der Waals surface area contributed by atoms with Crippen molar-refractivity contribution >= 4 is 33.6 Å². The second-order valence-electron chi connectivity index (χ2n) is 6.07. The third kappa shape index (κ3) is 5.06. The molecule has 0 heterocycles. The Labute approximate surface area is 173 Å². The number of rotatable bonds is 7. The van der Waals surface area contributed by atoms with Gasteiger partial charge in [-0.2, -0.15) is 0 Å². The first-order valence-electron chi connectivity index (χ1n) is 8.61. The molecule has 3 N–H and O–H groups in total. The second-order valence-corrected chi connectivity index (χ2v) is 8.04. The number of urea groups is 1. The number of hydrogen-bond donors (Lipinski definition) is 2. The third-order valence-electron chi connectivity index (χ3n) is 4.07. The van der Waals surface area contributed by atoms with Gasteiger partial charge in [0.1, 0.15) is 5.75 Å². The van der Waals surface area contributed by atoms with Crippen LogP contribution in [0.2, 0.25) is 0 Å². The average molecular weight is 435 g/mol. The molecule has 1 atom stereocenters. The Balaban J connectivity index is 2.18. The van der Waals surface area contributed by atoms with E-state index < -0.39 is 34.0 Å². The van der Waals surface area contributed by atoms with E-state index >= 15 is 0 Å². The van der Waals surface area contributed by atoms with Crippen molar-refractivity contribution in [2.75, 3.05) is 18.5 Å². The minimum absolute atomic E-state index is 0.0209. The van der Waals surface area contributed by atoms with Crippen LogP contribution >= 0.6 is 0 Å². The van der Waals surface area contributed by atoms with Crippen molar-refractivity contribution in [3.63, 3.8) is 0 Å². The lowest BCUT2D eigenvalue weighted by molar-refractivity contribution is -0.127. The van der Waals surface area contributed by atoms with E-state index in [0.717, 1.165) is 4.31 Å². The summed E-state index contributed by atoms with van der Waals surface area (Å²) in [5.74, 6) is -1.37. The van der Waals surface area contributed by atoms with Crippen molar-refractivity contribution in [1.29, 1.82) is 0 Å². The van der Waals surface area contributed by atoms with Crippen LogP contribution in [0.15, 0.2) is 53.4 Å². The molecule has 0 aliphatic carbocycles. The van der Waals surface area contributed by atoms with Crippen LogP contribution < -0.4 is 20.1 Å². The van der Waals surface area contributed by atoms with Gasteiger partial charge in [0.15, 0.2) is 6.10 Å². The number of nitrogens with zero attached hydrogens (tertiary/aromatic N) is 1. The zero-order valence-electron chi connectivity index (χ0n) is 16.5. The lowest BCUT2D eigenvalue weighted by Gasteiger charge is -2.21. The summed E-state index contributed by atoms with van der Waals surface area (Å²) in [7, 11) is -1.11. The highest BCUT2D eigenvalue weighted by Crippen LogP contribution is 2.30. The highest BCUT2D eigenvalue weighted by atomic mass is 32.2. The van der Waals surface area contributed by atoms with Gasteiger partial charge in [-0.15, -0.1) is 0 Å². The zero-order valence-corrected chi connectivity index (χ0v) is 17.3. The quantitative estimate of drug-likeness (QED) is 0.623. The summed E-state index contributed by atoms with van der Waals surface area (Å²) in [6.45, 7) is 1.26. The first-order valence-corrected chi connectivity index (χ1v) is 10.0. The topological polar surface area (TPSA) is 145 Å². The summed E-state index contributed by atoms with van der Waals surface area (Å²) < 4.78 is 37.0. The van der Waals surface area contributed by atoms with Crippen LogP contribution in [-0.4, -0.2) is 46.6 Å². The Hall–Kier alpha value is -3.60. The first kappa shape index (κ1) is 22.7. The molecule has 0 aliphatic rings. The molecule has 2 rings (SSSR count). The van der Waals surface area contributed by atoms with E-state index in [2.05, 4.69) is 0 Å². The summed E-state index contributed by atoms with van der Waals surface area (Å²) in [6.07, 6.45) is -1.27. The van der Waals surface area contributed by atoms with Crippen LogP contribution in [0.1, 0.15) is 17.3 Å². The molecule has 11 heteroatoms. The van der Waals surface area contributed by atoms with Crippen LogP contribution in [-0.2, 0) is 19.6 Å². The van der Waals surface area contributed by atoms with Gasteiger partial charge in [-0.3, -0.25) is 14.4 Å². The standard InChI is InChI=1S/C19H21N3O7S/c1-12(17(23)21-19(20)25)29-18(24)13-8-10-14(11-9-13)30(26,27)22(2)15-6-4-5-7-16(15)28-3/h4-12H,1-3H3,(H3,20,21,23,25)/t12-/m1/s1. The van der Waals surface area contributed by atoms with E-state index in [0.29, 0.717) is 11.4 Å². The van der Waals surface area contributed by atoms with E-state index in [-0.39, 0.29) is 10.5 Å². The molecule has 0 unspecified atom stereocenters. The van der Waals surface area contributed by atoms with Crippen molar-refractivity contribution in [3.05, 3.63) is 54.1 Å². The van der Waals surface area contributed by atoms with Crippen LogP contribution in [0.3, 0.4) is 0 Å². The summed E-state index contributed by atoms with van der Waals surface area (Å²) in [6, 6.07) is 10.5. The molecular weight excluding hydrogens is 414 g/mol. The number of amides is 3. The largest absolute Gasteiger partial charge is 0.495 e. The minimum atomic E-state index is -3.93. The molecule has 0 fully saturated rings. The van der Waals surface area contributed by atoms with Crippen LogP contribution in [0, 0.1) is 0 Å². The first-order chi connectivity index (χ1) is 14.1. The van der Waals surface area contributed by atoms with Gasteiger partial charge in [0, 0.05) is 7.05 Å². The summed E-state index contributed by atoms with van der Waals surface area (Å²) in [4.78, 5) is 34.4. The van der Waals surface area contributed by atoms with Crippen molar-refractivity contribution in [3.8, 4) is 5.75 Å². The lowest BCUT2D eigenvalue weighted by Crippen LogP contribution is -2.42. The molecule has 0 saturated heterocycles. The third-order valence-corrected chi connectivity index (χ3v) is 5.86. The fraction of sp³-hybridized carbons (Fsp3) is 0.211. The van der Waals surface area contributed by atoms with Crippen LogP contribution in [0.4, 0.5) is 10.5 Å². The fourth-order valence-corrected chi connectivity index (χ4v) is 3.65. The number of carbonyl (C=O) groups is 3. The van der Waals surface area contributed by atoms with Crippen molar-refractivity contribution in [1.82, 2.24) is 5.32 Å². The summed E-state index contributed by atoms with van der Waals surface area (Å²) in [5.41, 5.74) is 5.20. The van der Waals surface area contributed by atoms with Crippen molar-refractivity contribution < 1.29 is 32.3 Å². The molecule has 0 bridgehead atoms. The van der Waals surface area contributed by atoms with Gasteiger partial charge >= 0.3 is 12.0 Å².